The third-order valence-electron chi connectivity index (χ3n) is 4.23. The van der Waals surface area contributed by atoms with E-state index in [1.165, 1.54) is 12.1 Å². The molecule has 7 nitrogen and oxygen atoms in total. The van der Waals surface area contributed by atoms with Crippen LogP contribution in [0.25, 0.3) is 0 Å². The second kappa shape index (κ2) is 7.26. The molecule has 0 unspecified atom stereocenters. The van der Waals surface area contributed by atoms with Gasteiger partial charge in [0.05, 0.1) is 6.04 Å². The van der Waals surface area contributed by atoms with Crippen molar-refractivity contribution < 1.29 is 14.4 Å². The molecule has 2 aromatic carbocycles. The third-order valence-corrected chi connectivity index (χ3v) is 4.23. The van der Waals surface area contributed by atoms with E-state index in [0.29, 0.717) is 17.8 Å². The summed E-state index contributed by atoms with van der Waals surface area (Å²) in [6.07, 6.45) is 0.252. The van der Waals surface area contributed by atoms with E-state index in [9.17, 15) is 14.4 Å². The van der Waals surface area contributed by atoms with E-state index in [0.717, 1.165) is 11.3 Å². The van der Waals surface area contributed by atoms with Gasteiger partial charge in [-0.25, -0.2) is 4.79 Å². The number of primary amides is 1. The van der Waals surface area contributed by atoms with E-state index in [-0.39, 0.29) is 18.4 Å². The smallest absolute Gasteiger partial charge is 0.319 e. The summed E-state index contributed by atoms with van der Waals surface area (Å²) in [5, 5.41) is 5.48. The van der Waals surface area contributed by atoms with Crippen molar-refractivity contribution in [3.63, 3.8) is 0 Å². The van der Waals surface area contributed by atoms with Crippen LogP contribution >= 0.6 is 0 Å². The number of aryl methyl sites for hydroxylation is 1. The van der Waals surface area contributed by atoms with Crippen LogP contribution in [0.5, 0.6) is 0 Å². The van der Waals surface area contributed by atoms with Gasteiger partial charge in [0.1, 0.15) is 0 Å². The van der Waals surface area contributed by atoms with E-state index < -0.39 is 11.9 Å². The molecule has 134 valence electrons. The van der Waals surface area contributed by atoms with Crippen molar-refractivity contribution in [3.8, 4) is 0 Å². The number of nitrogens with zero attached hydrogens (tertiary/aromatic N) is 1. The van der Waals surface area contributed by atoms with E-state index in [1.807, 2.05) is 31.2 Å². The second-order valence-electron chi connectivity index (χ2n) is 6.28. The predicted molar refractivity (Wildman–Crippen MR) is 99.1 cm³/mol. The van der Waals surface area contributed by atoms with Gasteiger partial charge in [-0.05, 0) is 43.3 Å². The highest BCUT2D eigenvalue weighted by Crippen LogP contribution is 2.22. The molecule has 0 aliphatic carbocycles. The number of carbonyl (C=O) groups is 3. The Hall–Kier alpha value is -3.35. The molecule has 1 heterocycles. The zero-order valence-corrected chi connectivity index (χ0v) is 14.4. The van der Waals surface area contributed by atoms with Gasteiger partial charge < -0.3 is 21.3 Å². The molecule has 0 aromatic heterocycles. The summed E-state index contributed by atoms with van der Waals surface area (Å²) in [4.78, 5) is 37.1. The maximum Gasteiger partial charge on any atom is 0.319 e. The zero-order valence-electron chi connectivity index (χ0n) is 14.4. The Morgan fingerprint density at radius 3 is 2.35 bits per heavy atom. The maximum atomic E-state index is 12.2. The quantitative estimate of drug-likeness (QED) is 0.784. The first-order chi connectivity index (χ1) is 12.4. The molecule has 1 atom stereocenters. The van der Waals surface area contributed by atoms with Crippen LogP contribution in [0.15, 0.2) is 48.5 Å². The van der Waals surface area contributed by atoms with E-state index in [2.05, 4.69) is 10.6 Å². The minimum atomic E-state index is -0.526. The molecule has 0 bridgehead atoms. The molecular weight excluding hydrogens is 332 g/mol. The molecule has 1 saturated heterocycles. The lowest BCUT2D eigenvalue weighted by molar-refractivity contribution is -0.117. The van der Waals surface area contributed by atoms with Crippen molar-refractivity contribution in [2.75, 3.05) is 16.8 Å². The molecule has 4 amide bonds. The lowest BCUT2D eigenvalue weighted by Gasteiger charge is -2.17. The Morgan fingerprint density at radius 1 is 1.08 bits per heavy atom. The van der Waals surface area contributed by atoms with Crippen LogP contribution in [0.4, 0.5) is 16.2 Å². The van der Waals surface area contributed by atoms with Crippen LogP contribution in [0.1, 0.15) is 22.3 Å². The van der Waals surface area contributed by atoms with Gasteiger partial charge in [-0.1, -0.05) is 17.7 Å². The number of hydrogen-bond donors (Lipinski definition) is 3. The Morgan fingerprint density at radius 2 is 1.73 bits per heavy atom. The first-order valence-electron chi connectivity index (χ1n) is 8.27. The number of amides is 4. The van der Waals surface area contributed by atoms with Gasteiger partial charge in [0, 0.05) is 29.9 Å². The minimum absolute atomic E-state index is 0.0232. The van der Waals surface area contributed by atoms with E-state index in [4.69, 9.17) is 5.73 Å². The predicted octanol–water partition coefficient (Wildman–Crippen LogP) is 2.02. The van der Waals surface area contributed by atoms with Gasteiger partial charge >= 0.3 is 6.03 Å². The average Bonchev–Trinajstić information content (AvgIpc) is 2.96. The number of rotatable bonds is 4. The van der Waals surface area contributed by atoms with Gasteiger partial charge in [-0.2, -0.15) is 0 Å². The molecule has 0 radical (unpaired) electrons. The normalized spacial score (nSPS) is 16.4. The molecule has 1 aliphatic heterocycles. The van der Waals surface area contributed by atoms with Crippen molar-refractivity contribution >= 4 is 29.2 Å². The summed E-state index contributed by atoms with van der Waals surface area (Å²) in [5.41, 5.74) is 8.03. The highest BCUT2D eigenvalue weighted by molar-refractivity contribution is 5.98. The van der Waals surface area contributed by atoms with Crippen molar-refractivity contribution in [2.24, 2.45) is 5.73 Å². The number of benzene rings is 2. The van der Waals surface area contributed by atoms with Crippen LogP contribution in [-0.2, 0) is 4.79 Å². The first-order valence-corrected chi connectivity index (χ1v) is 8.27. The Balaban J connectivity index is 1.57. The fourth-order valence-corrected chi connectivity index (χ4v) is 2.85. The molecule has 3 rings (SSSR count). The van der Waals surface area contributed by atoms with Crippen molar-refractivity contribution in [3.05, 3.63) is 59.7 Å². The molecule has 1 aliphatic rings. The van der Waals surface area contributed by atoms with Crippen LogP contribution in [0.2, 0.25) is 0 Å². The molecule has 26 heavy (non-hydrogen) atoms. The largest absolute Gasteiger partial charge is 0.366 e. The van der Waals surface area contributed by atoms with Gasteiger partial charge in [0.15, 0.2) is 0 Å². The number of urea groups is 1. The van der Waals surface area contributed by atoms with Gasteiger partial charge in [-0.15, -0.1) is 0 Å². The lowest BCUT2D eigenvalue weighted by Crippen LogP contribution is -2.39. The Labute approximate surface area is 151 Å². The number of hydrogen-bond acceptors (Lipinski definition) is 3. The fraction of sp³-hybridized carbons (Fsp3) is 0.211. The van der Waals surface area contributed by atoms with E-state index >= 15 is 0 Å². The zero-order chi connectivity index (χ0) is 18.7. The average molecular weight is 352 g/mol. The Bertz CT molecular complexity index is 831. The number of nitrogens with one attached hydrogen (secondary N) is 2. The molecule has 7 heteroatoms. The third kappa shape index (κ3) is 4.00. The summed E-state index contributed by atoms with van der Waals surface area (Å²) in [5.74, 6) is -0.549. The van der Waals surface area contributed by atoms with Crippen LogP contribution in [0.3, 0.4) is 0 Å². The highest BCUT2D eigenvalue weighted by Gasteiger charge is 2.31. The van der Waals surface area contributed by atoms with Gasteiger partial charge in [0.2, 0.25) is 11.8 Å². The standard InChI is InChI=1S/C19H20N4O3/c1-12-2-8-16(9-3-12)23-11-15(10-17(23)24)22-19(26)21-14-6-4-13(5-7-14)18(20)25/h2-9,15H,10-11H2,1H3,(H2,20,25)(H2,21,22,26)/t15-/m1/s1. The molecule has 0 saturated carbocycles. The molecule has 1 fully saturated rings. The van der Waals surface area contributed by atoms with Crippen LogP contribution in [0, 0.1) is 6.92 Å². The maximum absolute atomic E-state index is 12.2. The van der Waals surface area contributed by atoms with Crippen molar-refractivity contribution in [2.45, 2.75) is 19.4 Å². The molecule has 4 N–H and O–H groups in total. The summed E-state index contributed by atoms with van der Waals surface area (Å²) in [7, 11) is 0. The summed E-state index contributed by atoms with van der Waals surface area (Å²) in [6.45, 7) is 2.41. The minimum Gasteiger partial charge on any atom is -0.366 e. The van der Waals surface area contributed by atoms with Crippen molar-refractivity contribution in [1.82, 2.24) is 5.32 Å². The van der Waals surface area contributed by atoms with Crippen molar-refractivity contribution in [1.29, 1.82) is 0 Å². The Kier molecular flexibility index (Phi) is 4.88. The number of nitrogens with two attached hydrogens (primary N) is 1. The monoisotopic (exact) mass is 352 g/mol. The van der Waals surface area contributed by atoms with Gasteiger partial charge in [0.25, 0.3) is 0 Å². The van der Waals surface area contributed by atoms with Crippen LogP contribution in [-0.4, -0.2) is 30.4 Å². The first kappa shape index (κ1) is 17.5. The SMILES string of the molecule is Cc1ccc(N2C[C@H](NC(=O)Nc3ccc(C(N)=O)cc3)CC2=O)cc1. The second-order valence-corrected chi connectivity index (χ2v) is 6.28. The topological polar surface area (TPSA) is 105 Å². The van der Waals surface area contributed by atoms with Gasteiger partial charge in [-0.3, -0.25) is 9.59 Å². The highest BCUT2D eigenvalue weighted by atomic mass is 16.2. The number of anilines is 2. The van der Waals surface area contributed by atoms with E-state index in [1.54, 1.807) is 17.0 Å². The molecule has 2 aromatic rings. The fourth-order valence-electron chi connectivity index (χ4n) is 2.85. The summed E-state index contributed by atoms with van der Waals surface area (Å²) >= 11 is 0. The molecule has 0 spiro atoms. The van der Waals surface area contributed by atoms with Crippen LogP contribution < -0.4 is 21.3 Å². The lowest BCUT2D eigenvalue weighted by atomic mass is 10.2. The number of carbonyl (C=O) groups excluding carboxylic acids is 3. The summed E-state index contributed by atoms with van der Waals surface area (Å²) < 4.78 is 0. The summed E-state index contributed by atoms with van der Waals surface area (Å²) in [6, 6.07) is 13.3. The molecular formula is C19H20N4O3.